The molecule has 1 aliphatic rings. The zero-order valence-electron chi connectivity index (χ0n) is 19.8. The van der Waals surface area contributed by atoms with Crippen LogP contribution >= 0.6 is 11.3 Å². The molecule has 1 aliphatic heterocycles. The summed E-state index contributed by atoms with van der Waals surface area (Å²) in [5.41, 5.74) is 0.779. The third kappa shape index (κ3) is 5.67. The van der Waals surface area contributed by atoms with Crippen LogP contribution in [0.4, 0.5) is 9.39 Å². The maximum atomic E-state index is 13.2. The van der Waals surface area contributed by atoms with E-state index >= 15 is 0 Å². The van der Waals surface area contributed by atoms with Crippen LogP contribution in [0.25, 0.3) is 11.3 Å². The van der Waals surface area contributed by atoms with Crippen molar-refractivity contribution in [2.75, 3.05) is 44.6 Å². The van der Waals surface area contributed by atoms with E-state index in [2.05, 4.69) is 5.32 Å². The molecule has 2 aromatic heterocycles. The highest BCUT2D eigenvalue weighted by molar-refractivity contribution is 7.89. The van der Waals surface area contributed by atoms with Gasteiger partial charge in [0.1, 0.15) is 27.9 Å². The van der Waals surface area contributed by atoms with Gasteiger partial charge < -0.3 is 14.5 Å². The molecule has 1 amide bonds. The van der Waals surface area contributed by atoms with E-state index < -0.39 is 21.8 Å². The number of esters is 1. The lowest BCUT2D eigenvalue weighted by atomic mass is 10.1. The molecule has 0 spiro atoms. The number of carbonyl (C=O) groups excluding carboxylic acids is 2. The number of aryl methyl sites for hydroxylation is 1. The summed E-state index contributed by atoms with van der Waals surface area (Å²) in [6, 6.07) is 8.25. The van der Waals surface area contributed by atoms with E-state index in [0.717, 1.165) is 12.1 Å². The van der Waals surface area contributed by atoms with E-state index in [4.69, 9.17) is 9.15 Å². The lowest BCUT2D eigenvalue weighted by Crippen LogP contribution is -2.50. The van der Waals surface area contributed by atoms with Crippen molar-refractivity contribution < 1.29 is 31.6 Å². The molecular formula is C24H26FN3O6S2. The molecule has 0 bridgehead atoms. The number of furan rings is 1. The Balaban J connectivity index is 1.40. The van der Waals surface area contributed by atoms with E-state index in [9.17, 15) is 22.4 Å². The molecule has 12 heteroatoms. The molecule has 0 saturated carbocycles. The van der Waals surface area contributed by atoms with Crippen LogP contribution in [0, 0.1) is 12.7 Å². The van der Waals surface area contributed by atoms with Gasteiger partial charge in [-0.15, -0.1) is 11.3 Å². The standard InChI is InChI=1S/C24H26FN3O6S2/c1-3-33-24(30)22-19(20-9-4-16(2)34-20)15-35-23(22)26-21(29)14-27-10-12-28(13-11-27)36(31,32)18-7-5-17(25)6-8-18/h4-9,15H,3,10-14H2,1-2H3,(H,26,29). The topological polar surface area (TPSA) is 109 Å². The minimum atomic E-state index is -3.74. The number of benzene rings is 1. The van der Waals surface area contributed by atoms with Crippen molar-refractivity contribution in [2.45, 2.75) is 18.7 Å². The second-order valence-corrected chi connectivity index (χ2v) is 11.0. The Morgan fingerprint density at radius 3 is 2.42 bits per heavy atom. The first-order valence-electron chi connectivity index (χ1n) is 11.3. The van der Waals surface area contributed by atoms with Gasteiger partial charge in [0.05, 0.1) is 18.0 Å². The number of amides is 1. The summed E-state index contributed by atoms with van der Waals surface area (Å²) < 4.78 is 50.9. The molecule has 0 unspecified atom stereocenters. The highest BCUT2D eigenvalue weighted by Gasteiger charge is 2.30. The Labute approximate surface area is 212 Å². The third-order valence-electron chi connectivity index (χ3n) is 5.68. The summed E-state index contributed by atoms with van der Waals surface area (Å²) in [6.45, 7) is 4.80. The van der Waals surface area contributed by atoms with Crippen LogP contribution in [0.3, 0.4) is 0 Å². The number of sulfonamides is 1. The van der Waals surface area contributed by atoms with Gasteiger partial charge in [-0.1, -0.05) is 0 Å². The smallest absolute Gasteiger partial charge is 0.341 e. The Kier molecular flexibility index (Phi) is 7.88. The first kappa shape index (κ1) is 26.0. The second-order valence-electron chi connectivity index (χ2n) is 8.17. The molecule has 0 aliphatic carbocycles. The van der Waals surface area contributed by atoms with Crippen molar-refractivity contribution >= 4 is 38.2 Å². The van der Waals surface area contributed by atoms with Crippen LogP contribution < -0.4 is 5.32 Å². The number of hydrogen-bond acceptors (Lipinski definition) is 8. The average molecular weight is 536 g/mol. The number of thiophene rings is 1. The van der Waals surface area contributed by atoms with Crippen molar-refractivity contribution in [3.8, 4) is 11.3 Å². The van der Waals surface area contributed by atoms with Crippen LogP contribution in [0.1, 0.15) is 23.0 Å². The maximum Gasteiger partial charge on any atom is 0.341 e. The van der Waals surface area contributed by atoms with Crippen LogP contribution in [0.2, 0.25) is 0 Å². The molecule has 3 heterocycles. The second kappa shape index (κ2) is 10.9. The molecule has 3 aromatic rings. The van der Waals surface area contributed by atoms with Crippen molar-refractivity contribution in [2.24, 2.45) is 0 Å². The Bertz CT molecular complexity index is 1340. The first-order chi connectivity index (χ1) is 17.2. The zero-order chi connectivity index (χ0) is 25.9. The van der Waals surface area contributed by atoms with Gasteiger partial charge in [-0.3, -0.25) is 9.69 Å². The molecular weight excluding hydrogens is 509 g/mol. The van der Waals surface area contributed by atoms with E-state index in [1.807, 2.05) is 4.90 Å². The van der Waals surface area contributed by atoms with Gasteiger partial charge in [0.15, 0.2) is 0 Å². The van der Waals surface area contributed by atoms with Crippen molar-refractivity contribution in [1.82, 2.24) is 9.21 Å². The molecule has 1 N–H and O–H groups in total. The monoisotopic (exact) mass is 535 g/mol. The summed E-state index contributed by atoms with van der Waals surface area (Å²) >= 11 is 1.20. The molecule has 192 valence electrons. The van der Waals surface area contributed by atoms with Gasteiger partial charge in [0, 0.05) is 37.1 Å². The average Bonchev–Trinajstić information content (AvgIpc) is 3.46. The molecule has 9 nitrogen and oxygen atoms in total. The summed E-state index contributed by atoms with van der Waals surface area (Å²) in [6.07, 6.45) is 0. The lowest BCUT2D eigenvalue weighted by molar-refractivity contribution is -0.117. The van der Waals surface area contributed by atoms with E-state index in [-0.39, 0.29) is 42.6 Å². The minimum Gasteiger partial charge on any atom is -0.462 e. The lowest BCUT2D eigenvalue weighted by Gasteiger charge is -2.33. The zero-order valence-corrected chi connectivity index (χ0v) is 21.5. The van der Waals surface area contributed by atoms with Gasteiger partial charge >= 0.3 is 5.97 Å². The molecule has 0 radical (unpaired) electrons. The maximum absolute atomic E-state index is 13.2. The fourth-order valence-corrected chi connectivity index (χ4v) is 6.25. The normalized spacial score (nSPS) is 15.1. The highest BCUT2D eigenvalue weighted by atomic mass is 32.2. The molecule has 1 fully saturated rings. The summed E-state index contributed by atoms with van der Waals surface area (Å²) in [7, 11) is -3.74. The molecule has 36 heavy (non-hydrogen) atoms. The Morgan fingerprint density at radius 2 is 1.81 bits per heavy atom. The van der Waals surface area contributed by atoms with Gasteiger partial charge in [0.2, 0.25) is 15.9 Å². The summed E-state index contributed by atoms with van der Waals surface area (Å²) in [5, 5.41) is 4.89. The van der Waals surface area contributed by atoms with Gasteiger partial charge in [-0.25, -0.2) is 17.6 Å². The molecule has 4 rings (SSSR count). The van der Waals surface area contributed by atoms with Crippen molar-refractivity contribution in [3.63, 3.8) is 0 Å². The molecule has 1 saturated heterocycles. The SMILES string of the molecule is CCOC(=O)c1c(-c2ccc(C)o2)csc1NC(=O)CN1CCN(S(=O)(=O)c2ccc(F)cc2)CC1. The van der Waals surface area contributed by atoms with Gasteiger partial charge in [0.25, 0.3) is 0 Å². The Morgan fingerprint density at radius 1 is 1.11 bits per heavy atom. The number of anilines is 1. The number of ether oxygens (including phenoxy) is 1. The molecule has 1 aromatic carbocycles. The number of nitrogens with one attached hydrogen (secondary N) is 1. The Hall–Kier alpha value is -3.06. The van der Waals surface area contributed by atoms with E-state index in [1.54, 1.807) is 31.4 Å². The predicted molar refractivity (Wildman–Crippen MR) is 133 cm³/mol. The van der Waals surface area contributed by atoms with Gasteiger partial charge in [-0.05, 0) is 50.2 Å². The summed E-state index contributed by atoms with van der Waals surface area (Å²) in [5.74, 6) is -0.201. The number of hydrogen-bond donors (Lipinski definition) is 1. The van der Waals surface area contributed by atoms with Crippen LogP contribution in [-0.4, -0.2) is 68.8 Å². The van der Waals surface area contributed by atoms with Crippen molar-refractivity contribution in [3.05, 3.63) is 58.9 Å². The number of carbonyl (C=O) groups is 2. The van der Waals surface area contributed by atoms with Gasteiger partial charge in [-0.2, -0.15) is 4.31 Å². The van der Waals surface area contributed by atoms with Crippen LogP contribution in [0.5, 0.6) is 0 Å². The largest absolute Gasteiger partial charge is 0.462 e. The third-order valence-corrected chi connectivity index (χ3v) is 8.49. The van der Waals surface area contributed by atoms with Crippen molar-refractivity contribution in [1.29, 1.82) is 0 Å². The fraction of sp³-hybridized carbons (Fsp3) is 0.333. The molecule has 0 atom stereocenters. The highest BCUT2D eigenvalue weighted by Crippen LogP contribution is 2.37. The number of halogens is 1. The number of piperazine rings is 1. The van der Waals surface area contributed by atoms with E-state index in [1.165, 1.54) is 27.8 Å². The van der Waals surface area contributed by atoms with Crippen LogP contribution in [0.15, 0.2) is 51.1 Å². The quantitative estimate of drug-likeness (QED) is 0.439. The fourth-order valence-electron chi connectivity index (χ4n) is 3.87. The van der Waals surface area contributed by atoms with E-state index in [0.29, 0.717) is 35.2 Å². The minimum absolute atomic E-state index is 0.0276. The van der Waals surface area contributed by atoms with Crippen LogP contribution in [-0.2, 0) is 19.6 Å². The number of rotatable bonds is 8. The summed E-state index contributed by atoms with van der Waals surface area (Å²) in [4.78, 5) is 27.3. The first-order valence-corrected chi connectivity index (χ1v) is 13.6. The predicted octanol–water partition coefficient (Wildman–Crippen LogP) is 3.58. The number of nitrogens with zero attached hydrogens (tertiary/aromatic N) is 2.